The molecule has 0 aliphatic carbocycles. The molecule has 0 saturated carbocycles. The summed E-state index contributed by atoms with van der Waals surface area (Å²) in [6, 6.07) is 8.33. The van der Waals surface area contributed by atoms with E-state index in [1.165, 1.54) is 12.1 Å². The number of nitrogens with one attached hydrogen (secondary N) is 1. The van der Waals surface area contributed by atoms with E-state index in [0.717, 1.165) is 23.0 Å². The van der Waals surface area contributed by atoms with Crippen LogP contribution < -0.4 is 5.32 Å². The number of anilines is 1. The Morgan fingerprint density at radius 2 is 2.17 bits per heavy atom. The molecule has 0 atom stereocenters. The van der Waals surface area contributed by atoms with Crippen molar-refractivity contribution < 1.29 is 9.18 Å². The van der Waals surface area contributed by atoms with Crippen molar-refractivity contribution in [2.75, 3.05) is 11.1 Å². The fourth-order valence-corrected chi connectivity index (χ4v) is 3.19. The Hall–Kier alpha value is -1.91. The van der Waals surface area contributed by atoms with Crippen molar-refractivity contribution in [2.24, 2.45) is 0 Å². The number of benzene rings is 1. The second-order valence-electron chi connectivity index (χ2n) is 4.83. The first kappa shape index (κ1) is 17.4. The molecule has 4 nitrogen and oxygen atoms in total. The van der Waals surface area contributed by atoms with Gasteiger partial charge >= 0.3 is 0 Å². The van der Waals surface area contributed by atoms with Crippen LogP contribution in [0.4, 0.5) is 10.1 Å². The normalized spacial score (nSPS) is 10.2. The Morgan fingerprint density at radius 1 is 1.43 bits per heavy atom. The maximum absolute atomic E-state index is 13.7. The zero-order chi connectivity index (χ0) is 17.0. The summed E-state index contributed by atoms with van der Waals surface area (Å²) in [5.41, 5.74) is 2.18. The van der Waals surface area contributed by atoms with Gasteiger partial charge < -0.3 is 5.32 Å². The highest BCUT2D eigenvalue weighted by Gasteiger charge is 2.13. The topological polar surface area (TPSA) is 65.8 Å². The van der Waals surface area contributed by atoms with Gasteiger partial charge in [-0.25, -0.2) is 9.37 Å². The van der Waals surface area contributed by atoms with Gasteiger partial charge in [-0.3, -0.25) is 4.79 Å². The van der Waals surface area contributed by atoms with Crippen LogP contribution in [-0.2, 0) is 4.79 Å². The van der Waals surface area contributed by atoms with Crippen molar-refractivity contribution in [1.29, 1.82) is 5.26 Å². The second kappa shape index (κ2) is 7.57. The van der Waals surface area contributed by atoms with E-state index in [9.17, 15) is 14.4 Å². The van der Waals surface area contributed by atoms with E-state index in [2.05, 4.69) is 32.3 Å². The fourth-order valence-electron chi connectivity index (χ4n) is 1.95. The molecule has 0 fully saturated rings. The first-order valence-corrected chi connectivity index (χ1v) is 8.44. The number of carbonyl (C=O) groups excluding carboxylic acids is 1. The van der Waals surface area contributed by atoms with Gasteiger partial charge in [-0.15, -0.1) is 0 Å². The summed E-state index contributed by atoms with van der Waals surface area (Å²) in [5.74, 6) is -0.832. The highest BCUT2D eigenvalue weighted by molar-refractivity contribution is 9.10. The quantitative estimate of drug-likeness (QED) is 0.790. The number of nitriles is 1. The summed E-state index contributed by atoms with van der Waals surface area (Å²) in [6.45, 7) is 3.66. The maximum Gasteiger partial charge on any atom is 0.234 e. The molecule has 0 unspecified atom stereocenters. The molecule has 118 valence electrons. The minimum atomic E-state index is -0.514. The summed E-state index contributed by atoms with van der Waals surface area (Å²) in [5, 5.41) is 12.2. The molecule has 0 radical (unpaired) electrons. The monoisotopic (exact) mass is 393 g/mol. The first-order chi connectivity index (χ1) is 10.9. The third-order valence-electron chi connectivity index (χ3n) is 2.97. The Labute approximate surface area is 146 Å². The number of rotatable bonds is 4. The molecule has 0 bridgehead atoms. The largest absolute Gasteiger partial charge is 0.323 e. The van der Waals surface area contributed by atoms with E-state index < -0.39 is 5.82 Å². The van der Waals surface area contributed by atoms with E-state index in [1.807, 2.05) is 19.9 Å². The Kier molecular flexibility index (Phi) is 5.74. The van der Waals surface area contributed by atoms with Gasteiger partial charge in [-0.05, 0) is 43.7 Å². The van der Waals surface area contributed by atoms with E-state index in [1.54, 1.807) is 6.07 Å². The smallest absolute Gasteiger partial charge is 0.234 e. The molecule has 0 aliphatic rings. The first-order valence-electron chi connectivity index (χ1n) is 6.66. The number of hydrogen-bond acceptors (Lipinski definition) is 4. The van der Waals surface area contributed by atoms with Gasteiger partial charge in [0.05, 0.1) is 17.0 Å². The number of nitrogens with zero attached hydrogens (tertiary/aromatic N) is 2. The van der Waals surface area contributed by atoms with Gasteiger partial charge in [0.25, 0.3) is 0 Å². The van der Waals surface area contributed by atoms with Gasteiger partial charge in [-0.2, -0.15) is 5.26 Å². The minimum Gasteiger partial charge on any atom is -0.323 e. The van der Waals surface area contributed by atoms with Gasteiger partial charge in [0.1, 0.15) is 16.9 Å². The van der Waals surface area contributed by atoms with Crippen molar-refractivity contribution >= 4 is 39.3 Å². The third-order valence-corrected chi connectivity index (χ3v) is 4.44. The molecular formula is C16H13BrFN3OS. The van der Waals surface area contributed by atoms with Crippen LogP contribution in [0.25, 0.3) is 0 Å². The SMILES string of the molecule is Cc1cc(C)c(C#N)c(SCC(=O)Nc2ccc(Br)cc2F)n1. The van der Waals surface area contributed by atoms with E-state index in [0.29, 0.717) is 15.1 Å². The number of aryl methyl sites for hydroxylation is 2. The molecule has 2 aromatic rings. The summed E-state index contributed by atoms with van der Waals surface area (Å²) in [7, 11) is 0. The average molecular weight is 394 g/mol. The molecular weight excluding hydrogens is 381 g/mol. The predicted molar refractivity (Wildman–Crippen MR) is 91.9 cm³/mol. The molecule has 23 heavy (non-hydrogen) atoms. The molecule has 7 heteroatoms. The van der Waals surface area contributed by atoms with Crippen molar-refractivity contribution in [2.45, 2.75) is 18.9 Å². The predicted octanol–water partition coefficient (Wildman–Crippen LogP) is 4.20. The number of halogens is 2. The Morgan fingerprint density at radius 3 is 2.83 bits per heavy atom. The number of pyridine rings is 1. The van der Waals surface area contributed by atoms with Gasteiger partial charge in [0.15, 0.2) is 0 Å². The standard InChI is InChI=1S/C16H13BrFN3OS/c1-9-5-10(2)20-16(12(9)7-19)23-8-15(22)21-14-4-3-11(17)6-13(14)18/h3-6H,8H2,1-2H3,(H,21,22). The van der Waals surface area contributed by atoms with Crippen LogP contribution in [0.1, 0.15) is 16.8 Å². The Bertz CT molecular complexity index is 805. The van der Waals surface area contributed by atoms with E-state index in [-0.39, 0.29) is 17.3 Å². The lowest BCUT2D eigenvalue weighted by molar-refractivity contribution is -0.113. The highest BCUT2D eigenvalue weighted by atomic mass is 79.9. The summed E-state index contributed by atoms with van der Waals surface area (Å²) in [6.07, 6.45) is 0. The number of hydrogen-bond donors (Lipinski definition) is 1. The van der Waals surface area contributed by atoms with Crippen LogP contribution in [0.15, 0.2) is 33.8 Å². The lowest BCUT2D eigenvalue weighted by Gasteiger charge is -2.08. The van der Waals surface area contributed by atoms with Crippen molar-refractivity contribution in [3.8, 4) is 6.07 Å². The minimum absolute atomic E-state index is 0.0417. The molecule has 1 aromatic carbocycles. The molecule has 1 amide bonds. The lowest BCUT2D eigenvalue weighted by atomic mass is 10.1. The fraction of sp³-hybridized carbons (Fsp3) is 0.188. The molecule has 0 aliphatic heterocycles. The highest BCUT2D eigenvalue weighted by Crippen LogP contribution is 2.24. The summed E-state index contributed by atoms with van der Waals surface area (Å²) in [4.78, 5) is 16.3. The van der Waals surface area contributed by atoms with Crippen LogP contribution in [-0.4, -0.2) is 16.6 Å². The van der Waals surface area contributed by atoms with Crippen LogP contribution in [0.3, 0.4) is 0 Å². The van der Waals surface area contributed by atoms with Crippen molar-refractivity contribution in [3.63, 3.8) is 0 Å². The molecule has 0 saturated heterocycles. The summed E-state index contributed by atoms with van der Waals surface area (Å²) < 4.78 is 14.3. The van der Waals surface area contributed by atoms with Crippen LogP contribution in [0.5, 0.6) is 0 Å². The van der Waals surface area contributed by atoms with Crippen LogP contribution in [0.2, 0.25) is 0 Å². The summed E-state index contributed by atoms with van der Waals surface area (Å²) >= 11 is 4.32. The van der Waals surface area contributed by atoms with Crippen molar-refractivity contribution in [1.82, 2.24) is 4.98 Å². The Balaban J connectivity index is 2.07. The number of aromatic nitrogens is 1. The maximum atomic E-state index is 13.7. The van der Waals surface area contributed by atoms with Gasteiger partial charge in [0.2, 0.25) is 5.91 Å². The van der Waals surface area contributed by atoms with Crippen molar-refractivity contribution in [3.05, 3.63) is 51.4 Å². The molecule has 1 N–H and O–H groups in total. The zero-order valence-corrected chi connectivity index (χ0v) is 14.9. The molecule has 1 heterocycles. The van der Waals surface area contributed by atoms with Crippen LogP contribution in [0, 0.1) is 31.0 Å². The number of amides is 1. The average Bonchev–Trinajstić information content (AvgIpc) is 2.47. The van der Waals surface area contributed by atoms with E-state index >= 15 is 0 Å². The van der Waals surface area contributed by atoms with Gasteiger partial charge in [-0.1, -0.05) is 27.7 Å². The van der Waals surface area contributed by atoms with E-state index in [4.69, 9.17) is 0 Å². The van der Waals surface area contributed by atoms with Crippen LogP contribution >= 0.6 is 27.7 Å². The second-order valence-corrected chi connectivity index (χ2v) is 6.71. The molecule has 0 spiro atoms. The van der Waals surface area contributed by atoms with Gasteiger partial charge in [0, 0.05) is 10.2 Å². The lowest BCUT2D eigenvalue weighted by Crippen LogP contribution is -2.15. The third kappa shape index (κ3) is 4.53. The zero-order valence-electron chi connectivity index (χ0n) is 12.5. The molecule has 2 rings (SSSR count). The number of thioether (sulfide) groups is 1. The number of carbonyl (C=O) groups is 1. The molecule has 1 aromatic heterocycles.